The van der Waals surface area contributed by atoms with Gasteiger partial charge in [-0.25, -0.2) is 0 Å². The number of hydrogen-bond donors (Lipinski definition) is 2. The first-order valence-corrected chi connectivity index (χ1v) is 7.25. The highest BCUT2D eigenvalue weighted by molar-refractivity contribution is 9.10. The summed E-state index contributed by atoms with van der Waals surface area (Å²) in [6.45, 7) is 1.45. The van der Waals surface area contributed by atoms with Gasteiger partial charge in [-0.05, 0) is 24.1 Å². The van der Waals surface area contributed by atoms with E-state index in [1.54, 1.807) is 14.2 Å². The molecule has 19 heavy (non-hydrogen) atoms. The number of benzene rings is 1. The lowest BCUT2D eigenvalue weighted by atomic mass is 10.1. The van der Waals surface area contributed by atoms with E-state index in [0.717, 1.165) is 23.4 Å². The van der Waals surface area contributed by atoms with Crippen molar-refractivity contribution in [3.63, 3.8) is 0 Å². The van der Waals surface area contributed by atoms with Crippen LogP contribution in [0.4, 0.5) is 0 Å². The fraction of sp³-hybridized carbons (Fsp3) is 0.500. The summed E-state index contributed by atoms with van der Waals surface area (Å²) in [6, 6.07) is 9.02. The third kappa shape index (κ3) is 4.21. The number of guanidine groups is 1. The monoisotopic (exact) mass is 325 g/mol. The van der Waals surface area contributed by atoms with Crippen LogP contribution in [0.25, 0.3) is 0 Å². The minimum atomic E-state index is 0.481. The van der Waals surface area contributed by atoms with Crippen molar-refractivity contribution in [2.45, 2.75) is 18.4 Å². The molecule has 1 aromatic rings. The molecule has 2 unspecified atom stereocenters. The Morgan fingerprint density at radius 3 is 2.79 bits per heavy atom. The molecule has 0 aromatic heterocycles. The third-order valence-corrected chi connectivity index (χ3v) is 3.76. The molecule has 1 aromatic carbocycles. The van der Waals surface area contributed by atoms with Gasteiger partial charge in [0.25, 0.3) is 0 Å². The fourth-order valence-corrected chi connectivity index (χ4v) is 2.34. The summed E-state index contributed by atoms with van der Waals surface area (Å²) >= 11 is 3.46. The molecule has 1 fully saturated rings. The standard InChI is InChI=1S/C14H20BrN3O/c1-16-14(17-7-8-19-2)18-13-9-12(13)10-3-5-11(15)6-4-10/h3-6,12-13H,7-9H2,1-2H3,(H2,16,17,18). The molecule has 0 saturated heterocycles. The summed E-state index contributed by atoms with van der Waals surface area (Å²) in [5.74, 6) is 1.44. The molecule has 0 aliphatic heterocycles. The average molecular weight is 326 g/mol. The van der Waals surface area contributed by atoms with Gasteiger partial charge in [-0.15, -0.1) is 0 Å². The van der Waals surface area contributed by atoms with Gasteiger partial charge >= 0.3 is 0 Å². The summed E-state index contributed by atoms with van der Waals surface area (Å²) in [7, 11) is 3.49. The highest BCUT2D eigenvalue weighted by Gasteiger charge is 2.38. The molecule has 2 atom stereocenters. The Morgan fingerprint density at radius 2 is 2.16 bits per heavy atom. The van der Waals surface area contributed by atoms with E-state index < -0.39 is 0 Å². The summed E-state index contributed by atoms with van der Waals surface area (Å²) in [4.78, 5) is 4.21. The van der Waals surface area contributed by atoms with Crippen molar-refractivity contribution >= 4 is 21.9 Å². The molecule has 1 aliphatic rings. The first kappa shape index (κ1) is 14.3. The zero-order valence-corrected chi connectivity index (χ0v) is 12.9. The highest BCUT2D eigenvalue weighted by Crippen LogP contribution is 2.40. The molecule has 2 N–H and O–H groups in total. The summed E-state index contributed by atoms with van der Waals surface area (Å²) < 4.78 is 6.13. The molecule has 4 nitrogen and oxygen atoms in total. The minimum Gasteiger partial charge on any atom is -0.383 e. The Hall–Kier alpha value is -1.07. The Bertz CT molecular complexity index is 433. The predicted octanol–water partition coefficient (Wildman–Crippen LogP) is 2.12. The molecule has 0 spiro atoms. The zero-order valence-electron chi connectivity index (χ0n) is 11.3. The van der Waals surface area contributed by atoms with Crippen LogP contribution in [0.1, 0.15) is 17.9 Å². The fourth-order valence-electron chi connectivity index (χ4n) is 2.07. The lowest BCUT2D eigenvalue weighted by Crippen LogP contribution is -2.40. The van der Waals surface area contributed by atoms with Crippen molar-refractivity contribution in [2.24, 2.45) is 4.99 Å². The van der Waals surface area contributed by atoms with E-state index in [4.69, 9.17) is 4.74 Å². The SMILES string of the molecule is CN=C(NCCOC)NC1CC1c1ccc(Br)cc1. The molecule has 1 aliphatic carbocycles. The van der Waals surface area contributed by atoms with Crippen LogP contribution in [0, 0.1) is 0 Å². The third-order valence-electron chi connectivity index (χ3n) is 3.23. The van der Waals surface area contributed by atoms with Gasteiger partial charge in [0.1, 0.15) is 0 Å². The molecule has 2 rings (SSSR count). The van der Waals surface area contributed by atoms with Crippen LogP contribution < -0.4 is 10.6 Å². The topological polar surface area (TPSA) is 45.7 Å². The Labute approximate surface area is 122 Å². The smallest absolute Gasteiger partial charge is 0.191 e. The van der Waals surface area contributed by atoms with E-state index in [1.807, 2.05) is 0 Å². The van der Waals surface area contributed by atoms with E-state index in [0.29, 0.717) is 18.6 Å². The van der Waals surface area contributed by atoms with E-state index in [9.17, 15) is 0 Å². The first-order valence-electron chi connectivity index (χ1n) is 6.46. The van der Waals surface area contributed by atoms with Crippen molar-refractivity contribution in [1.82, 2.24) is 10.6 Å². The molecule has 0 radical (unpaired) electrons. The van der Waals surface area contributed by atoms with E-state index in [-0.39, 0.29) is 0 Å². The maximum absolute atomic E-state index is 5.01. The van der Waals surface area contributed by atoms with Gasteiger partial charge in [0, 0.05) is 37.1 Å². The van der Waals surface area contributed by atoms with Crippen LogP contribution >= 0.6 is 15.9 Å². The van der Waals surface area contributed by atoms with Crippen molar-refractivity contribution in [1.29, 1.82) is 0 Å². The Morgan fingerprint density at radius 1 is 1.42 bits per heavy atom. The quantitative estimate of drug-likeness (QED) is 0.495. The Kier molecular flexibility index (Phi) is 5.22. The second kappa shape index (κ2) is 6.91. The maximum Gasteiger partial charge on any atom is 0.191 e. The van der Waals surface area contributed by atoms with Crippen molar-refractivity contribution in [2.75, 3.05) is 27.3 Å². The predicted molar refractivity (Wildman–Crippen MR) is 81.7 cm³/mol. The summed E-state index contributed by atoms with van der Waals surface area (Å²) in [5.41, 5.74) is 1.38. The molecule has 0 bridgehead atoms. The molecular weight excluding hydrogens is 306 g/mol. The van der Waals surface area contributed by atoms with E-state index in [1.165, 1.54) is 5.56 Å². The van der Waals surface area contributed by atoms with Gasteiger partial charge < -0.3 is 15.4 Å². The Balaban J connectivity index is 1.80. The van der Waals surface area contributed by atoms with Gasteiger partial charge in [-0.2, -0.15) is 0 Å². The number of methoxy groups -OCH3 is 1. The summed E-state index contributed by atoms with van der Waals surface area (Å²) in [6.07, 6.45) is 1.16. The second-order valence-corrected chi connectivity index (χ2v) is 5.55. The van der Waals surface area contributed by atoms with Crippen molar-refractivity contribution < 1.29 is 4.74 Å². The molecule has 5 heteroatoms. The minimum absolute atomic E-state index is 0.481. The van der Waals surface area contributed by atoms with Crippen molar-refractivity contribution in [3.8, 4) is 0 Å². The van der Waals surface area contributed by atoms with Crippen LogP contribution in [0.2, 0.25) is 0 Å². The van der Waals surface area contributed by atoms with Crippen LogP contribution in [-0.2, 0) is 4.74 Å². The number of ether oxygens (including phenoxy) is 1. The van der Waals surface area contributed by atoms with Gasteiger partial charge in [-0.1, -0.05) is 28.1 Å². The highest BCUT2D eigenvalue weighted by atomic mass is 79.9. The molecule has 0 heterocycles. The lowest BCUT2D eigenvalue weighted by Gasteiger charge is -2.11. The van der Waals surface area contributed by atoms with Crippen LogP contribution in [0.5, 0.6) is 0 Å². The number of nitrogens with one attached hydrogen (secondary N) is 2. The van der Waals surface area contributed by atoms with E-state index >= 15 is 0 Å². The van der Waals surface area contributed by atoms with Gasteiger partial charge in [-0.3, -0.25) is 4.99 Å². The normalized spacial score (nSPS) is 22.2. The molecular formula is C14H20BrN3O. The molecule has 0 amide bonds. The average Bonchev–Trinajstić information content (AvgIpc) is 3.18. The molecule has 1 saturated carbocycles. The van der Waals surface area contributed by atoms with Gasteiger partial charge in [0.2, 0.25) is 0 Å². The lowest BCUT2D eigenvalue weighted by molar-refractivity contribution is 0.203. The largest absolute Gasteiger partial charge is 0.383 e. The maximum atomic E-state index is 5.01. The van der Waals surface area contributed by atoms with Crippen molar-refractivity contribution in [3.05, 3.63) is 34.3 Å². The van der Waals surface area contributed by atoms with Crippen LogP contribution in [-0.4, -0.2) is 39.3 Å². The second-order valence-electron chi connectivity index (χ2n) is 4.64. The van der Waals surface area contributed by atoms with Gasteiger partial charge in [0.05, 0.1) is 6.61 Å². The van der Waals surface area contributed by atoms with Gasteiger partial charge in [0.15, 0.2) is 5.96 Å². The molecule has 104 valence electrons. The number of nitrogens with zero attached hydrogens (tertiary/aromatic N) is 1. The number of halogens is 1. The first-order chi connectivity index (χ1) is 9.24. The van der Waals surface area contributed by atoms with E-state index in [2.05, 4.69) is 55.8 Å². The number of rotatable bonds is 5. The zero-order chi connectivity index (χ0) is 13.7. The van der Waals surface area contributed by atoms with Crippen LogP contribution in [0.3, 0.4) is 0 Å². The van der Waals surface area contributed by atoms with Crippen LogP contribution in [0.15, 0.2) is 33.7 Å². The number of aliphatic imine (C=N–C) groups is 1. The number of hydrogen-bond acceptors (Lipinski definition) is 2. The summed E-state index contributed by atoms with van der Waals surface area (Å²) in [5, 5.41) is 6.66.